The van der Waals surface area contributed by atoms with Crippen molar-refractivity contribution >= 4 is 35.5 Å². The number of benzene rings is 2. The number of aryl methyl sites for hydroxylation is 2. The van der Waals surface area contributed by atoms with E-state index < -0.39 is 36.3 Å². The third-order valence-corrected chi connectivity index (χ3v) is 5.00. The molecule has 1 amide bonds. The predicted molar refractivity (Wildman–Crippen MR) is 117 cm³/mol. The van der Waals surface area contributed by atoms with Crippen molar-refractivity contribution < 1.29 is 34.1 Å². The van der Waals surface area contributed by atoms with Gasteiger partial charge in [0.2, 0.25) is 0 Å². The Morgan fingerprint density at radius 3 is 2.48 bits per heavy atom. The van der Waals surface area contributed by atoms with Gasteiger partial charge in [0.1, 0.15) is 11.8 Å². The lowest BCUT2D eigenvalue weighted by atomic mass is 9.99. The van der Waals surface area contributed by atoms with Crippen molar-refractivity contribution in [1.82, 2.24) is 5.32 Å². The lowest BCUT2D eigenvalue weighted by Crippen LogP contribution is -2.42. The number of hydrogen-bond acceptors (Lipinski definition) is 6. The van der Waals surface area contributed by atoms with Crippen LogP contribution in [0, 0.1) is 5.41 Å². The van der Waals surface area contributed by atoms with Gasteiger partial charge in [-0.15, -0.1) is 0 Å². The maximum atomic E-state index is 12.7. The number of carboxylic acid groups (broad SMARTS) is 2. The lowest BCUT2D eigenvalue weighted by Gasteiger charge is -2.14. The van der Waals surface area contributed by atoms with E-state index in [-0.39, 0.29) is 17.3 Å². The number of ether oxygens (including phenoxy) is 1. The average Bonchev–Trinajstić information content (AvgIpc) is 2.79. The second-order valence-corrected chi connectivity index (χ2v) is 7.44. The van der Waals surface area contributed by atoms with Crippen LogP contribution in [0.25, 0.3) is 0 Å². The van der Waals surface area contributed by atoms with E-state index in [1.54, 1.807) is 18.2 Å². The summed E-state index contributed by atoms with van der Waals surface area (Å²) < 4.78 is 5.54. The monoisotopic (exact) mass is 454 g/mol. The van der Waals surface area contributed by atoms with Crippen molar-refractivity contribution in [2.24, 2.45) is 5.73 Å². The molecule has 0 aliphatic carbocycles. The SMILES string of the molecule is N=C(N)Nc1ccc2c(c1)CCCc1cc(C(=O)N[C@@H](CC(=O)O)C(=O)O)ccc1OC2=O. The molecular formula is C22H22N4O7. The van der Waals surface area contributed by atoms with E-state index in [4.69, 9.17) is 26.1 Å². The molecule has 1 aliphatic rings. The Labute approximate surface area is 188 Å². The molecule has 1 aliphatic heterocycles. The molecule has 0 fully saturated rings. The zero-order chi connectivity index (χ0) is 24.1. The van der Waals surface area contributed by atoms with E-state index in [0.717, 1.165) is 5.56 Å². The van der Waals surface area contributed by atoms with Crippen LogP contribution in [0.4, 0.5) is 5.69 Å². The van der Waals surface area contributed by atoms with Gasteiger partial charge in [-0.25, -0.2) is 9.59 Å². The molecule has 2 aromatic rings. The summed E-state index contributed by atoms with van der Waals surface area (Å²) in [6.45, 7) is 0. The topological polar surface area (TPSA) is 192 Å². The molecular weight excluding hydrogens is 432 g/mol. The number of fused-ring (bicyclic) bond motifs is 2. The molecule has 172 valence electrons. The molecule has 3 rings (SSSR count). The van der Waals surface area contributed by atoms with Crippen LogP contribution in [0.5, 0.6) is 5.75 Å². The summed E-state index contributed by atoms with van der Waals surface area (Å²) >= 11 is 0. The summed E-state index contributed by atoms with van der Waals surface area (Å²) in [4.78, 5) is 47.3. The number of esters is 1. The lowest BCUT2D eigenvalue weighted by molar-refractivity contribution is -0.145. The van der Waals surface area contributed by atoms with Gasteiger partial charge < -0.3 is 31.3 Å². The van der Waals surface area contributed by atoms with Crippen molar-refractivity contribution in [2.75, 3.05) is 5.32 Å². The smallest absolute Gasteiger partial charge is 0.343 e. The highest BCUT2D eigenvalue weighted by Gasteiger charge is 2.25. The van der Waals surface area contributed by atoms with Crippen LogP contribution in [-0.2, 0) is 22.4 Å². The van der Waals surface area contributed by atoms with E-state index >= 15 is 0 Å². The molecule has 0 spiro atoms. The highest BCUT2D eigenvalue weighted by Crippen LogP contribution is 2.28. The van der Waals surface area contributed by atoms with Gasteiger partial charge in [-0.2, -0.15) is 0 Å². The van der Waals surface area contributed by atoms with E-state index in [0.29, 0.717) is 36.1 Å². The van der Waals surface area contributed by atoms with Crippen molar-refractivity contribution in [3.8, 4) is 5.75 Å². The van der Waals surface area contributed by atoms with E-state index in [1.165, 1.54) is 18.2 Å². The molecule has 1 atom stereocenters. The van der Waals surface area contributed by atoms with Crippen LogP contribution in [0.15, 0.2) is 36.4 Å². The largest absolute Gasteiger partial charge is 0.481 e. The number of aliphatic carboxylic acids is 2. The summed E-state index contributed by atoms with van der Waals surface area (Å²) in [7, 11) is 0. The predicted octanol–water partition coefficient (Wildman–Crippen LogP) is 1.36. The molecule has 0 aromatic heterocycles. The minimum absolute atomic E-state index is 0.117. The molecule has 0 saturated carbocycles. The number of carbonyl (C=O) groups excluding carboxylic acids is 2. The first kappa shape index (κ1) is 23.3. The molecule has 11 heteroatoms. The van der Waals surface area contributed by atoms with Crippen LogP contribution in [0.2, 0.25) is 0 Å². The molecule has 2 aromatic carbocycles. The van der Waals surface area contributed by atoms with Crippen LogP contribution in [-0.4, -0.2) is 46.0 Å². The fraction of sp³-hybridized carbons (Fsp3) is 0.227. The number of hydrogen-bond donors (Lipinski definition) is 6. The Kier molecular flexibility index (Phi) is 6.91. The summed E-state index contributed by atoms with van der Waals surface area (Å²) in [6.07, 6.45) is 0.836. The van der Waals surface area contributed by atoms with Crippen LogP contribution < -0.4 is 21.1 Å². The normalized spacial score (nSPS) is 13.6. The number of carbonyl (C=O) groups is 4. The van der Waals surface area contributed by atoms with Crippen molar-refractivity contribution in [1.29, 1.82) is 5.41 Å². The summed E-state index contributed by atoms with van der Waals surface area (Å²) in [5.74, 6) is -4.10. The van der Waals surface area contributed by atoms with Gasteiger partial charge in [-0.05, 0) is 66.8 Å². The van der Waals surface area contributed by atoms with Crippen LogP contribution >= 0.6 is 0 Å². The number of carboxylic acids is 2. The van der Waals surface area contributed by atoms with Gasteiger partial charge >= 0.3 is 17.9 Å². The molecule has 0 unspecified atom stereocenters. The fourth-order valence-electron chi connectivity index (χ4n) is 3.49. The van der Waals surface area contributed by atoms with E-state index in [9.17, 15) is 19.2 Å². The van der Waals surface area contributed by atoms with Gasteiger partial charge in [-0.3, -0.25) is 15.0 Å². The zero-order valence-electron chi connectivity index (χ0n) is 17.4. The van der Waals surface area contributed by atoms with Crippen LogP contribution in [0.3, 0.4) is 0 Å². The second-order valence-electron chi connectivity index (χ2n) is 7.44. The molecule has 7 N–H and O–H groups in total. The Bertz CT molecular complexity index is 1150. The van der Waals surface area contributed by atoms with Gasteiger partial charge in [-0.1, -0.05) is 0 Å². The Balaban J connectivity index is 1.82. The number of nitrogens with one attached hydrogen (secondary N) is 3. The first-order valence-corrected chi connectivity index (χ1v) is 9.98. The summed E-state index contributed by atoms with van der Waals surface area (Å²) in [5, 5.41) is 30.2. The summed E-state index contributed by atoms with van der Waals surface area (Å²) in [5.41, 5.74) is 7.72. The highest BCUT2D eigenvalue weighted by atomic mass is 16.5. The van der Waals surface area contributed by atoms with Gasteiger partial charge in [0.05, 0.1) is 12.0 Å². The second kappa shape index (κ2) is 9.81. The minimum atomic E-state index is -1.58. The Hall–Kier alpha value is -4.41. The van der Waals surface area contributed by atoms with Gasteiger partial charge in [0, 0.05) is 11.3 Å². The maximum absolute atomic E-state index is 12.7. The standard InChI is InChI=1S/C22H22N4O7/c23-22(24)25-14-5-6-15-11(9-14)2-1-3-12-8-13(4-7-17(12)33-21(15)32)19(29)26-16(20(30)31)10-18(27)28/h4-9,16H,1-3,10H2,(H,26,29)(H,27,28)(H,30,31)(H4,23,24,25)/t16-/m0/s1. The minimum Gasteiger partial charge on any atom is -0.481 e. The Morgan fingerprint density at radius 2 is 1.82 bits per heavy atom. The molecule has 11 nitrogen and oxygen atoms in total. The number of anilines is 1. The molecule has 0 bridgehead atoms. The number of guanidine groups is 1. The third-order valence-electron chi connectivity index (χ3n) is 5.00. The quantitative estimate of drug-likeness (QED) is 0.162. The van der Waals surface area contributed by atoms with Crippen molar-refractivity contribution in [3.63, 3.8) is 0 Å². The van der Waals surface area contributed by atoms with Gasteiger partial charge in [0.25, 0.3) is 5.91 Å². The van der Waals surface area contributed by atoms with Crippen molar-refractivity contribution in [3.05, 3.63) is 58.7 Å². The number of nitrogens with two attached hydrogens (primary N) is 1. The van der Waals surface area contributed by atoms with E-state index in [1.807, 2.05) is 0 Å². The molecule has 1 heterocycles. The fourth-order valence-corrected chi connectivity index (χ4v) is 3.49. The van der Waals surface area contributed by atoms with E-state index in [2.05, 4.69) is 10.6 Å². The zero-order valence-corrected chi connectivity index (χ0v) is 17.4. The number of amides is 1. The van der Waals surface area contributed by atoms with Crippen molar-refractivity contribution in [2.45, 2.75) is 31.7 Å². The summed E-state index contributed by atoms with van der Waals surface area (Å²) in [6, 6.07) is 7.67. The Morgan fingerprint density at radius 1 is 1.09 bits per heavy atom. The molecule has 0 radical (unpaired) electrons. The molecule has 33 heavy (non-hydrogen) atoms. The highest BCUT2D eigenvalue weighted by molar-refractivity contribution is 5.98. The first-order valence-electron chi connectivity index (χ1n) is 9.98. The van der Waals surface area contributed by atoms with Crippen LogP contribution in [0.1, 0.15) is 44.7 Å². The molecule has 0 saturated heterocycles. The van der Waals surface area contributed by atoms with Gasteiger partial charge in [0.15, 0.2) is 5.96 Å². The first-order chi connectivity index (χ1) is 15.6. The maximum Gasteiger partial charge on any atom is 0.343 e. The number of rotatable bonds is 6. The average molecular weight is 454 g/mol. The third kappa shape index (κ3) is 5.85.